The molecule has 0 aliphatic rings. The normalized spacial score (nSPS) is 10.7. The highest BCUT2D eigenvalue weighted by Gasteiger charge is 2.08. The Bertz CT molecular complexity index is 552. The minimum absolute atomic E-state index is 0.00599. The van der Waals surface area contributed by atoms with E-state index < -0.39 is 0 Å². The lowest BCUT2D eigenvalue weighted by atomic mass is 10.0. The number of Topliss-reactive ketones (excluding diaryl/α,β-unsaturated/α-hetero) is 1. The van der Waals surface area contributed by atoms with Crippen LogP contribution in [0.1, 0.15) is 35.7 Å². The topological polar surface area (TPSA) is 31.2 Å². The summed E-state index contributed by atoms with van der Waals surface area (Å²) in [5.74, 6) is 1.22. The van der Waals surface area contributed by atoms with E-state index in [1.807, 2.05) is 42.1 Å². The molecule has 0 saturated heterocycles. The Morgan fingerprint density at radius 1 is 1.21 bits per heavy atom. The van der Waals surface area contributed by atoms with Gasteiger partial charge in [0.25, 0.3) is 0 Å². The number of carbonyl (C=O) groups excluding carboxylic acids is 1. The van der Waals surface area contributed by atoms with Gasteiger partial charge in [-0.25, -0.2) is 0 Å². The molecule has 0 radical (unpaired) electrons. The van der Waals surface area contributed by atoms with Gasteiger partial charge in [-0.05, 0) is 29.7 Å². The number of aryl methyl sites for hydroxylation is 1. The molecule has 1 aromatic carbocycles. The lowest BCUT2D eigenvalue weighted by Crippen LogP contribution is -2.10. The standard InChI is InChI=1S/C16H19NO2/c1-12(2)13-4-6-15(7-5-13)19-11-16(18)14-8-9-17(3)10-14/h4-10,12H,11H2,1-3H3. The zero-order valence-corrected chi connectivity index (χ0v) is 11.6. The van der Waals surface area contributed by atoms with Crippen molar-refractivity contribution in [3.8, 4) is 5.75 Å². The first kappa shape index (κ1) is 13.4. The molecule has 0 aliphatic heterocycles. The monoisotopic (exact) mass is 257 g/mol. The van der Waals surface area contributed by atoms with Gasteiger partial charge in [0.15, 0.2) is 6.61 Å². The molecule has 3 nitrogen and oxygen atoms in total. The van der Waals surface area contributed by atoms with Gasteiger partial charge in [0.1, 0.15) is 5.75 Å². The maximum atomic E-state index is 11.9. The predicted molar refractivity (Wildman–Crippen MR) is 75.8 cm³/mol. The summed E-state index contributed by atoms with van der Waals surface area (Å²) in [5, 5.41) is 0. The molecule has 2 aromatic rings. The fourth-order valence-electron chi connectivity index (χ4n) is 1.85. The zero-order chi connectivity index (χ0) is 13.8. The van der Waals surface area contributed by atoms with Crippen molar-refractivity contribution in [1.82, 2.24) is 4.57 Å². The third kappa shape index (κ3) is 3.47. The van der Waals surface area contributed by atoms with E-state index in [0.29, 0.717) is 11.5 Å². The summed E-state index contributed by atoms with van der Waals surface area (Å²) in [6.45, 7) is 4.37. The van der Waals surface area contributed by atoms with Crippen molar-refractivity contribution in [2.45, 2.75) is 19.8 Å². The zero-order valence-electron chi connectivity index (χ0n) is 11.6. The lowest BCUT2D eigenvalue weighted by Gasteiger charge is -2.08. The van der Waals surface area contributed by atoms with Crippen molar-refractivity contribution < 1.29 is 9.53 Å². The summed E-state index contributed by atoms with van der Waals surface area (Å²) in [5.41, 5.74) is 1.95. The van der Waals surface area contributed by atoms with Gasteiger partial charge in [-0.15, -0.1) is 0 Å². The van der Waals surface area contributed by atoms with Crippen molar-refractivity contribution in [3.05, 3.63) is 53.9 Å². The first-order valence-corrected chi connectivity index (χ1v) is 6.44. The third-order valence-corrected chi connectivity index (χ3v) is 3.07. The Kier molecular flexibility index (Phi) is 4.05. The summed E-state index contributed by atoms with van der Waals surface area (Å²) >= 11 is 0. The van der Waals surface area contributed by atoms with Crippen LogP contribution < -0.4 is 4.74 Å². The van der Waals surface area contributed by atoms with Crippen LogP contribution in [0.3, 0.4) is 0 Å². The Balaban J connectivity index is 1.93. The summed E-state index contributed by atoms with van der Waals surface area (Å²) in [4.78, 5) is 11.9. The molecule has 0 atom stereocenters. The maximum Gasteiger partial charge on any atom is 0.201 e. The average molecular weight is 257 g/mol. The highest BCUT2D eigenvalue weighted by atomic mass is 16.5. The van der Waals surface area contributed by atoms with E-state index in [2.05, 4.69) is 13.8 Å². The van der Waals surface area contributed by atoms with Crippen LogP contribution in [-0.4, -0.2) is 17.0 Å². The molecule has 0 spiro atoms. The fourth-order valence-corrected chi connectivity index (χ4v) is 1.85. The Morgan fingerprint density at radius 2 is 1.89 bits per heavy atom. The number of hydrogen-bond donors (Lipinski definition) is 0. The molecule has 2 rings (SSSR count). The number of ketones is 1. The molecule has 0 N–H and O–H groups in total. The fraction of sp³-hybridized carbons (Fsp3) is 0.312. The smallest absolute Gasteiger partial charge is 0.201 e. The van der Waals surface area contributed by atoms with Crippen LogP contribution in [0.15, 0.2) is 42.7 Å². The van der Waals surface area contributed by atoms with E-state index in [0.717, 1.165) is 5.75 Å². The molecule has 0 fully saturated rings. The molecule has 0 unspecified atom stereocenters. The van der Waals surface area contributed by atoms with Crippen LogP contribution in [0.25, 0.3) is 0 Å². The van der Waals surface area contributed by atoms with Gasteiger partial charge in [-0.3, -0.25) is 4.79 Å². The SMILES string of the molecule is CC(C)c1ccc(OCC(=O)c2ccn(C)c2)cc1. The van der Waals surface area contributed by atoms with Crippen molar-refractivity contribution in [1.29, 1.82) is 0 Å². The number of hydrogen-bond acceptors (Lipinski definition) is 2. The van der Waals surface area contributed by atoms with E-state index in [1.54, 1.807) is 12.3 Å². The Hall–Kier alpha value is -2.03. The third-order valence-electron chi connectivity index (χ3n) is 3.07. The molecule has 0 aliphatic carbocycles. The number of carbonyl (C=O) groups is 1. The Morgan fingerprint density at radius 3 is 2.42 bits per heavy atom. The largest absolute Gasteiger partial charge is 0.485 e. The molecule has 0 bridgehead atoms. The first-order chi connectivity index (χ1) is 9.06. The summed E-state index contributed by atoms with van der Waals surface area (Å²) in [6, 6.07) is 9.69. The van der Waals surface area contributed by atoms with Crippen molar-refractivity contribution in [2.24, 2.45) is 7.05 Å². The van der Waals surface area contributed by atoms with Crippen molar-refractivity contribution in [2.75, 3.05) is 6.61 Å². The van der Waals surface area contributed by atoms with Gasteiger partial charge < -0.3 is 9.30 Å². The van der Waals surface area contributed by atoms with Gasteiger partial charge >= 0.3 is 0 Å². The van der Waals surface area contributed by atoms with Gasteiger partial charge in [-0.2, -0.15) is 0 Å². The van der Waals surface area contributed by atoms with Gasteiger partial charge in [0, 0.05) is 25.0 Å². The van der Waals surface area contributed by atoms with Crippen LogP contribution in [0.5, 0.6) is 5.75 Å². The van der Waals surface area contributed by atoms with Gasteiger partial charge in [0.2, 0.25) is 5.78 Å². The van der Waals surface area contributed by atoms with E-state index in [4.69, 9.17) is 4.74 Å². The molecular formula is C16H19NO2. The van der Waals surface area contributed by atoms with Gasteiger partial charge in [-0.1, -0.05) is 26.0 Å². The second kappa shape index (κ2) is 5.74. The average Bonchev–Trinajstić information content (AvgIpc) is 2.83. The summed E-state index contributed by atoms with van der Waals surface area (Å²) in [7, 11) is 1.89. The van der Waals surface area contributed by atoms with Crippen LogP contribution >= 0.6 is 0 Å². The number of ether oxygens (including phenoxy) is 1. The molecule has 100 valence electrons. The number of nitrogens with zero attached hydrogens (tertiary/aromatic N) is 1. The van der Waals surface area contributed by atoms with Crippen LogP contribution in [0.4, 0.5) is 0 Å². The minimum Gasteiger partial charge on any atom is -0.485 e. The molecule has 0 amide bonds. The highest BCUT2D eigenvalue weighted by Crippen LogP contribution is 2.18. The summed E-state index contributed by atoms with van der Waals surface area (Å²) < 4.78 is 7.36. The van der Waals surface area contributed by atoms with Crippen LogP contribution in [0.2, 0.25) is 0 Å². The van der Waals surface area contributed by atoms with Crippen molar-refractivity contribution >= 4 is 5.78 Å². The number of rotatable bonds is 5. The molecule has 0 saturated carbocycles. The highest BCUT2D eigenvalue weighted by molar-refractivity contribution is 5.97. The second-order valence-corrected chi connectivity index (χ2v) is 5.00. The minimum atomic E-state index is -0.00599. The second-order valence-electron chi connectivity index (χ2n) is 5.00. The van der Waals surface area contributed by atoms with Gasteiger partial charge in [0.05, 0.1) is 0 Å². The number of aromatic nitrogens is 1. The van der Waals surface area contributed by atoms with Crippen LogP contribution in [0, 0.1) is 0 Å². The maximum absolute atomic E-state index is 11.9. The number of benzene rings is 1. The van der Waals surface area contributed by atoms with Crippen molar-refractivity contribution in [3.63, 3.8) is 0 Å². The molecule has 19 heavy (non-hydrogen) atoms. The molecule has 1 heterocycles. The molecule has 3 heteroatoms. The molecular weight excluding hydrogens is 238 g/mol. The van der Waals surface area contributed by atoms with Crippen LogP contribution in [-0.2, 0) is 7.05 Å². The van der Waals surface area contributed by atoms with E-state index in [9.17, 15) is 4.79 Å². The summed E-state index contributed by atoms with van der Waals surface area (Å²) in [6.07, 6.45) is 3.65. The predicted octanol–water partition coefficient (Wildman–Crippen LogP) is 3.41. The van der Waals surface area contributed by atoms with E-state index in [1.165, 1.54) is 5.56 Å². The van der Waals surface area contributed by atoms with E-state index >= 15 is 0 Å². The Labute approximate surface area is 113 Å². The quantitative estimate of drug-likeness (QED) is 0.769. The molecule has 1 aromatic heterocycles. The lowest BCUT2D eigenvalue weighted by molar-refractivity contribution is 0.0921. The van der Waals surface area contributed by atoms with E-state index in [-0.39, 0.29) is 12.4 Å². The first-order valence-electron chi connectivity index (χ1n) is 6.44.